The summed E-state index contributed by atoms with van der Waals surface area (Å²) in [6, 6.07) is 9.33. The molecule has 0 saturated carbocycles. The van der Waals surface area contributed by atoms with Gasteiger partial charge in [-0.2, -0.15) is 0 Å². The van der Waals surface area contributed by atoms with Gasteiger partial charge in [0.25, 0.3) is 0 Å². The molecule has 0 atom stereocenters. The molecular weight excluding hydrogens is 315 g/mol. The van der Waals surface area contributed by atoms with Gasteiger partial charge in [0, 0.05) is 6.07 Å². The van der Waals surface area contributed by atoms with Crippen LogP contribution in [0, 0.1) is 5.82 Å². The van der Waals surface area contributed by atoms with Gasteiger partial charge < -0.3 is 20.5 Å². The number of para-hydroxylation sites is 2. The minimum atomic E-state index is -0.666. The molecule has 21 heavy (non-hydrogen) atoms. The van der Waals surface area contributed by atoms with E-state index >= 15 is 0 Å². The van der Waals surface area contributed by atoms with Crippen molar-refractivity contribution in [3.8, 4) is 11.5 Å². The van der Waals surface area contributed by atoms with Crippen molar-refractivity contribution in [1.29, 1.82) is 0 Å². The van der Waals surface area contributed by atoms with Crippen LogP contribution < -0.4 is 15.4 Å². The van der Waals surface area contributed by atoms with Crippen LogP contribution in [0.1, 0.15) is 0 Å². The van der Waals surface area contributed by atoms with Crippen LogP contribution in [0.2, 0.25) is 5.02 Å². The van der Waals surface area contributed by atoms with E-state index in [0.29, 0.717) is 11.4 Å². The lowest BCUT2D eigenvalue weighted by molar-refractivity contribution is 0.417. The summed E-state index contributed by atoms with van der Waals surface area (Å²) in [5.74, 6) is -0.393. The van der Waals surface area contributed by atoms with Crippen LogP contribution in [0.25, 0.3) is 0 Å². The smallest absolute Gasteiger partial charge is 0.175 e. The van der Waals surface area contributed by atoms with Gasteiger partial charge in [-0.3, -0.25) is 0 Å². The molecule has 0 heterocycles. The molecule has 0 aliphatic rings. The zero-order chi connectivity index (χ0) is 15.4. The molecule has 0 amide bonds. The summed E-state index contributed by atoms with van der Waals surface area (Å²) in [6.07, 6.45) is 0. The number of halogens is 2. The van der Waals surface area contributed by atoms with Crippen molar-refractivity contribution in [2.45, 2.75) is 0 Å². The van der Waals surface area contributed by atoms with Crippen molar-refractivity contribution in [3.05, 3.63) is 47.2 Å². The van der Waals surface area contributed by atoms with E-state index in [0.717, 1.165) is 6.07 Å². The molecule has 0 unspecified atom stereocenters. The Kier molecular flexibility index (Phi) is 4.82. The SMILES string of the molecule is COc1ccccc1NC(=S)Nc1cc(Cl)c(O)cc1F. The molecule has 0 aromatic heterocycles. The standard InChI is InChI=1S/C14H12ClFN2O2S/c1-20-13-5-3-2-4-10(13)17-14(21)18-11-6-8(15)12(19)7-9(11)16/h2-7,19H,1H3,(H2,17,18,21). The quantitative estimate of drug-likeness (QED) is 0.588. The highest BCUT2D eigenvalue weighted by Gasteiger charge is 2.10. The number of ether oxygens (including phenoxy) is 1. The normalized spacial score (nSPS) is 10.0. The molecular formula is C14H12ClFN2O2S. The minimum Gasteiger partial charge on any atom is -0.506 e. The highest BCUT2D eigenvalue weighted by molar-refractivity contribution is 7.80. The summed E-state index contributed by atoms with van der Waals surface area (Å²) in [6.45, 7) is 0. The third-order valence-corrected chi connectivity index (χ3v) is 3.15. The summed E-state index contributed by atoms with van der Waals surface area (Å²) in [4.78, 5) is 0. The Hall–Kier alpha value is -2.05. The summed E-state index contributed by atoms with van der Waals surface area (Å²) in [7, 11) is 1.54. The fourth-order valence-corrected chi connectivity index (χ4v) is 2.04. The minimum absolute atomic E-state index is 0.0268. The van der Waals surface area contributed by atoms with E-state index in [9.17, 15) is 9.50 Å². The summed E-state index contributed by atoms with van der Waals surface area (Å²) in [5.41, 5.74) is 0.702. The molecule has 2 aromatic carbocycles. The number of hydrogen-bond acceptors (Lipinski definition) is 3. The summed E-state index contributed by atoms with van der Waals surface area (Å²) in [5, 5.41) is 15.1. The summed E-state index contributed by atoms with van der Waals surface area (Å²) >= 11 is 10.8. The largest absolute Gasteiger partial charge is 0.506 e. The zero-order valence-electron chi connectivity index (χ0n) is 11.0. The average Bonchev–Trinajstić information content (AvgIpc) is 2.45. The fraction of sp³-hybridized carbons (Fsp3) is 0.0714. The monoisotopic (exact) mass is 326 g/mol. The van der Waals surface area contributed by atoms with Crippen molar-refractivity contribution in [3.63, 3.8) is 0 Å². The van der Waals surface area contributed by atoms with Gasteiger partial charge in [-0.1, -0.05) is 23.7 Å². The highest BCUT2D eigenvalue weighted by atomic mass is 35.5. The topological polar surface area (TPSA) is 53.5 Å². The number of phenols is 1. The maximum atomic E-state index is 13.7. The fourth-order valence-electron chi connectivity index (χ4n) is 1.66. The Labute approximate surface area is 131 Å². The number of thiocarbonyl (C=S) groups is 1. The van der Waals surface area contributed by atoms with E-state index in [2.05, 4.69) is 10.6 Å². The van der Waals surface area contributed by atoms with Crippen LogP contribution in [-0.2, 0) is 0 Å². The van der Waals surface area contributed by atoms with Crippen molar-refractivity contribution in [2.75, 3.05) is 17.7 Å². The highest BCUT2D eigenvalue weighted by Crippen LogP contribution is 2.29. The Balaban J connectivity index is 2.14. The third kappa shape index (κ3) is 3.74. The van der Waals surface area contributed by atoms with Crippen LogP contribution in [0.5, 0.6) is 11.5 Å². The first kappa shape index (κ1) is 15.3. The van der Waals surface area contributed by atoms with Gasteiger partial charge in [0.15, 0.2) is 5.11 Å². The van der Waals surface area contributed by atoms with Crippen LogP contribution >= 0.6 is 23.8 Å². The van der Waals surface area contributed by atoms with Gasteiger partial charge in [0.1, 0.15) is 17.3 Å². The molecule has 2 aromatic rings. The number of hydrogen-bond donors (Lipinski definition) is 3. The number of anilines is 2. The van der Waals surface area contributed by atoms with E-state index in [1.54, 1.807) is 12.1 Å². The molecule has 0 bridgehead atoms. The van der Waals surface area contributed by atoms with Crippen molar-refractivity contribution in [1.82, 2.24) is 0 Å². The molecule has 110 valence electrons. The van der Waals surface area contributed by atoms with Gasteiger partial charge in [-0.05, 0) is 30.4 Å². The van der Waals surface area contributed by atoms with Crippen LogP contribution in [0.4, 0.5) is 15.8 Å². The molecule has 7 heteroatoms. The number of methoxy groups -OCH3 is 1. The number of phenolic OH excluding ortho intramolecular Hbond substituents is 1. The van der Waals surface area contributed by atoms with Gasteiger partial charge in [-0.25, -0.2) is 4.39 Å². The second-order valence-corrected chi connectivity index (χ2v) is 4.88. The Morgan fingerprint density at radius 2 is 1.90 bits per heavy atom. The molecule has 0 radical (unpaired) electrons. The molecule has 0 saturated heterocycles. The maximum Gasteiger partial charge on any atom is 0.175 e. The van der Waals surface area contributed by atoms with Crippen molar-refractivity contribution < 1.29 is 14.2 Å². The summed E-state index contributed by atoms with van der Waals surface area (Å²) < 4.78 is 18.9. The molecule has 0 aliphatic carbocycles. The second kappa shape index (κ2) is 6.60. The molecule has 3 N–H and O–H groups in total. The maximum absolute atomic E-state index is 13.7. The van der Waals surface area contributed by atoms with Crippen LogP contribution in [0.15, 0.2) is 36.4 Å². The predicted molar refractivity (Wildman–Crippen MR) is 85.9 cm³/mol. The van der Waals surface area contributed by atoms with E-state index in [1.165, 1.54) is 13.2 Å². The van der Waals surface area contributed by atoms with E-state index in [-0.39, 0.29) is 21.6 Å². The van der Waals surface area contributed by atoms with E-state index < -0.39 is 5.82 Å². The zero-order valence-corrected chi connectivity index (χ0v) is 12.6. The first-order valence-corrected chi connectivity index (χ1v) is 6.69. The molecule has 4 nitrogen and oxygen atoms in total. The number of rotatable bonds is 3. The Morgan fingerprint density at radius 1 is 1.24 bits per heavy atom. The Bertz CT molecular complexity index is 682. The molecule has 2 rings (SSSR count). The predicted octanol–water partition coefficient (Wildman–Crippen LogP) is 4.00. The first-order valence-electron chi connectivity index (χ1n) is 5.90. The lowest BCUT2D eigenvalue weighted by Gasteiger charge is -2.14. The number of aromatic hydroxyl groups is 1. The number of nitrogens with one attached hydrogen (secondary N) is 2. The lowest BCUT2D eigenvalue weighted by atomic mass is 10.3. The number of benzene rings is 2. The van der Waals surface area contributed by atoms with Crippen LogP contribution in [0.3, 0.4) is 0 Å². The second-order valence-electron chi connectivity index (χ2n) is 4.06. The molecule has 0 aliphatic heterocycles. The molecule has 0 fully saturated rings. The van der Waals surface area contributed by atoms with Gasteiger partial charge >= 0.3 is 0 Å². The van der Waals surface area contributed by atoms with Crippen LogP contribution in [-0.4, -0.2) is 17.3 Å². The van der Waals surface area contributed by atoms with Crippen molar-refractivity contribution in [2.24, 2.45) is 0 Å². The molecule has 0 spiro atoms. The Morgan fingerprint density at radius 3 is 2.62 bits per heavy atom. The van der Waals surface area contributed by atoms with E-state index in [1.807, 2.05) is 12.1 Å². The lowest BCUT2D eigenvalue weighted by Crippen LogP contribution is -2.20. The van der Waals surface area contributed by atoms with Gasteiger partial charge in [0.05, 0.1) is 23.5 Å². The van der Waals surface area contributed by atoms with E-state index in [4.69, 9.17) is 28.6 Å². The average molecular weight is 327 g/mol. The third-order valence-electron chi connectivity index (χ3n) is 2.64. The van der Waals surface area contributed by atoms with Gasteiger partial charge in [-0.15, -0.1) is 0 Å². The first-order chi connectivity index (χ1) is 10.0. The van der Waals surface area contributed by atoms with Gasteiger partial charge in [0.2, 0.25) is 0 Å². The van der Waals surface area contributed by atoms with Crippen molar-refractivity contribution >= 4 is 40.3 Å².